The summed E-state index contributed by atoms with van der Waals surface area (Å²) in [5, 5.41) is 18.8. The summed E-state index contributed by atoms with van der Waals surface area (Å²) in [5.74, 6) is -1.35. The van der Waals surface area contributed by atoms with Crippen LogP contribution in [0.3, 0.4) is 0 Å². The molecule has 0 unspecified atom stereocenters. The van der Waals surface area contributed by atoms with E-state index in [9.17, 15) is 14.7 Å². The lowest BCUT2D eigenvalue weighted by molar-refractivity contribution is -0.113. The predicted octanol–water partition coefficient (Wildman–Crippen LogP) is 3.50. The van der Waals surface area contributed by atoms with Crippen LogP contribution in [-0.4, -0.2) is 33.5 Å². The first-order valence-electron chi connectivity index (χ1n) is 7.39. The zero-order valence-electron chi connectivity index (χ0n) is 13.5. The number of carboxylic acids is 1. The van der Waals surface area contributed by atoms with Gasteiger partial charge in [0, 0.05) is 6.07 Å². The largest absolute Gasteiger partial charge is 0.507 e. The van der Waals surface area contributed by atoms with E-state index >= 15 is 0 Å². The van der Waals surface area contributed by atoms with Crippen LogP contribution in [0, 0.1) is 0 Å². The molecule has 1 saturated heterocycles. The number of aromatic hydroxyl groups is 1. The molecule has 3 rings (SSSR count). The second kappa shape index (κ2) is 7.19. The van der Waals surface area contributed by atoms with Gasteiger partial charge in [0.15, 0.2) is 4.32 Å². The third-order valence-electron chi connectivity index (χ3n) is 3.66. The van der Waals surface area contributed by atoms with Gasteiger partial charge in [0.05, 0.1) is 17.7 Å². The summed E-state index contributed by atoms with van der Waals surface area (Å²) >= 11 is 6.41. The molecule has 1 amide bonds. The molecular formula is C18H13NO5S2. The summed E-state index contributed by atoms with van der Waals surface area (Å²) < 4.78 is 5.47. The molecule has 2 aromatic rings. The van der Waals surface area contributed by atoms with Gasteiger partial charge in [-0.1, -0.05) is 36.1 Å². The molecule has 2 N–H and O–H groups in total. The normalized spacial score (nSPS) is 15.6. The zero-order chi connectivity index (χ0) is 18.8. The summed E-state index contributed by atoms with van der Waals surface area (Å²) in [6, 6.07) is 11.1. The van der Waals surface area contributed by atoms with Gasteiger partial charge >= 0.3 is 5.97 Å². The lowest BCUT2D eigenvalue weighted by Gasteiger charge is -2.15. The number of phenols is 1. The molecule has 0 atom stereocenters. The molecule has 0 aromatic heterocycles. The second-order valence-electron chi connectivity index (χ2n) is 5.30. The Labute approximate surface area is 158 Å². The van der Waals surface area contributed by atoms with E-state index < -0.39 is 11.7 Å². The van der Waals surface area contributed by atoms with Crippen molar-refractivity contribution in [2.75, 3.05) is 12.0 Å². The number of thiocarbonyl (C=S) groups is 1. The molecule has 0 radical (unpaired) electrons. The minimum absolute atomic E-state index is 0.244. The first-order chi connectivity index (χ1) is 12.4. The lowest BCUT2D eigenvalue weighted by atomic mass is 10.1. The van der Waals surface area contributed by atoms with E-state index in [1.807, 2.05) is 12.1 Å². The first kappa shape index (κ1) is 18.0. The second-order valence-corrected chi connectivity index (χ2v) is 6.98. The van der Waals surface area contributed by atoms with Crippen LogP contribution in [-0.2, 0) is 4.79 Å². The van der Waals surface area contributed by atoms with Gasteiger partial charge in [-0.3, -0.25) is 9.69 Å². The Balaban J connectivity index is 1.93. The zero-order valence-corrected chi connectivity index (χ0v) is 15.1. The van der Waals surface area contributed by atoms with E-state index in [4.69, 9.17) is 22.1 Å². The highest BCUT2D eigenvalue weighted by Crippen LogP contribution is 2.37. The van der Waals surface area contributed by atoms with Crippen molar-refractivity contribution in [3.05, 3.63) is 58.5 Å². The predicted molar refractivity (Wildman–Crippen MR) is 104 cm³/mol. The van der Waals surface area contributed by atoms with Crippen LogP contribution in [0.15, 0.2) is 47.4 Å². The maximum atomic E-state index is 12.7. The SMILES string of the molecule is COc1cccc(C=C2SC(=S)N(c3ccc(C(=O)O)c(O)c3)C2=O)c1. The minimum atomic E-state index is -1.25. The average Bonchev–Trinajstić information content (AvgIpc) is 2.88. The van der Waals surface area contributed by atoms with Crippen molar-refractivity contribution >= 4 is 51.9 Å². The Hall–Kier alpha value is -2.84. The van der Waals surface area contributed by atoms with Crippen LogP contribution in [0.1, 0.15) is 15.9 Å². The fourth-order valence-corrected chi connectivity index (χ4v) is 3.71. The highest BCUT2D eigenvalue weighted by molar-refractivity contribution is 8.27. The maximum absolute atomic E-state index is 12.7. The molecule has 2 aromatic carbocycles. The third-order valence-corrected chi connectivity index (χ3v) is 4.96. The Morgan fingerprint density at radius 2 is 2.04 bits per heavy atom. The van der Waals surface area contributed by atoms with Crippen LogP contribution in [0.25, 0.3) is 6.08 Å². The van der Waals surface area contributed by atoms with Crippen molar-refractivity contribution < 1.29 is 24.5 Å². The molecule has 8 heteroatoms. The first-order valence-corrected chi connectivity index (χ1v) is 8.61. The number of benzene rings is 2. The number of aromatic carboxylic acids is 1. The van der Waals surface area contributed by atoms with E-state index in [0.717, 1.165) is 17.3 Å². The monoisotopic (exact) mass is 387 g/mol. The Morgan fingerprint density at radius 3 is 2.69 bits per heavy atom. The van der Waals surface area contributed by atoms with Gasteiger partial charge < -0.3 is 14.9 Å². The van der Waals surface area contributed by atoms with Gasteiger partial charge in [-0.05, 0) is 35.9 Å². The van der Waals surface area contributed by atoms with Gasteiger partial charge in [0.2, 0.25) is 0 Å². The Bertz CT molecular complexity index is 954. The van der Waals surface area contributed by atoms with Crippen LogP contribution < -0.4 is 9.64 Å². The number of hydrogen-bond donors (Lipinski definition) is 2. The van der Waals surface area contributed by atoms with Crippen LogP contribution in [0.5, 0.6) is 11.5 Å². The smallest absolute Gasteiger partial charge is 0.339 e. The number of carboxylic acid groups (broad SMARTS) is 1. The molecule has 1 aliphatic heterocycles. The summed E-state index contributed by atoms with van der Waals surface area (Å²) in [6.45, 7) is 0. The molecule has 1 fully saturated rings. The van der Waals surface area contributed by atoms with E-state index in [2.05, 4.69) is 0 Å². The van der Waals surface area contributed by atoms with Crippen molar-refractivity contribution in [2.24, 2.45) is 0 Å². The van der Waals surface area contributed by atoms with Gasteiger partial charge in [0.25, 0.3) is 5.91 Å². The molecule has 0 saturated carbocycles. The van der Waals surface area contributed by atoms with Gasteiger partial charge in [-0.15, -0.1) is 0 Å². The molecule has 0 bridgehead atoms. The summed E-state index contributed by atoms with van der Waals surface area (Å²) in [7, 11) is 1.56. The number of anilines is 1. The number of rotatable bonds is 4. The van der Waals surface area contributed by atoms with Gasteiger partial charge in [0.1, 0.15) is 17.1 Å². The Kier molecular flexibility index (Phi) is 4.97. The van der Waals surface area contributed by atoms with Crippen LogP contribution in [0.2, 0.25) is 0 Å². The number of carbonyl (C=O) groups is 2. The number of hydrogen-bond acceptors (Lipinski definition) is 6. The number of methoxy groups -OCH3 is 1. The third kappa shape index (κ3) is 3.42. The van der Waals surface area contributed by atoms with Crippen molar-refractivity contribution in [3.63, 3.8) is 0 Å². The maximum Gasteiger partial charge on any atom is 0.339 e. The van der Waals surface area contributed by atoms with Crippen LogP contribution in [0.4, 0.5) is 5.69 Å². The topological polar surface area (TPSA) is 87.1 Å². The van der Waals surface area contributed by atoms with Crippen LogP contribution >= 0.6 is 24.0 Å². The van der Waals surface area contributed by atoms with Gasteiger partial charge in [-0.25, -0.2) is 4.79 Å². The summed E-state index contributed by atoms with van der Waals surface area (Å²) in [5.41, 5.74) is 0.851. The lowest BCUT2D eigenvalue weighted by Crippen LogP contribution is -2.27. The molecule has 6 nitrogen and oxygen atoms in total. The van der Waals surface area contributed by atoms with Gasteiger partial charge in [-0.2, -0.15) is 0 Å². The fourth-order valence-electron chi connectivity index (χ4n) is 2.41. The van der Waals surface area contributed by atoms with Crippen molar-refractivity contribution in [1.82, 2.24) is 0 Å². The number of thioether (sulfide) groups is 1. The number of ether oxygens (including phenoxy) is 1. The van der Waals surface area contributed by atoms with E-state index in [-0.39, 0.29) is 11.5 Å². The number of carbonyl (C=O) groups excluding carboxylic acids is 1. The van der Waals surface area contributed by atoms with Crippen molar-refractivity contribution in [1.29, 1.82) is 0 Å². The summed E-state index contributed by atoms with van der Waals surface area (Å²) in [6.07, 6.45) is 1.70. The minimum Gasteiger partial charge on any atom is -0.507 e. The standard InChI is InChI=1S/C18H13NO5S2/c1-24-12-4-2-3-10(7-12)8-15-16(21)19(18(25)26-15)11-5-6-13(17(22)23)14(20)9-11/h2-9,20H,1H3,(H,22,23). The van der Waals surface area contributed by atoms with Crippen molar-refractivity contribution in [3.8, 4) is 11.5 Å². The van der Waals surface area contributed by atoms with E-state index in [1.165, 1.54) is 23.1 Å². The number of nitrogens with zero attached hydrogens (tertiary/aromatic N) is 1. The molecule has 0 aliphatic carbocycles. The summed E-state index contributed by atoms with van der Waals surface area (Å²) in [4.78, 5) is 25.4. The highest BCUT2D eigenvalue weighted by Gasteiger charge is 2.33. The average molecular weight is 387 g/mol. The molecule has 1 aliphatic rings. The molecule has 0 spiro atoms. The molecule has 1 heterocycles. The Morgan fingerprint density at radius 1 is 1.27 bits per heavy atom. The highest BCUT2D eigenvalue weighted by atomic mass is 32.2. The molecule has 132 valence electrons. The van der Waals surface area contributed by atoms with Crippen molar-refractivity contribution in [2.45, 2.75) is 0 Å². The molecular weight excluding hydrogens is 374 g/mol. The van der Waals surface area contributed by atoms with E-state index in [0.29, 0.717) is 20.7 Å². The fraction of sp³-hybridized carbons (Fsp3) is 0.0556. The number of amides is 1. The van der Waals surface area contributed by atoms with E-state index in [1.54, 1.807) is 25.3 Å². The molecule has 26 heavy (non-hydrogen) atoms. The quantitative estimate of drug-likeness (QED) is 0.613.